The van der Waals surface area contributed by atoms with Crippen molar-refractivity contribution < 1.29 is 0 Å². The van der Waals surface area contributed by atoms with Crippen LogP contribution in [0.15, 0.2) is 170 Å². The van der Waals surface area contributed by atoms with E-state index in [1.165, 1.54) is 38.2 Å². The summed E-state index contributed by atoms with van der Waals surface area (Å²) in [6.07, 6.45) is 0. The highest BCUT2D eigenvalue weighted by atomic mass is 31.1. The molecule has 0 saturated heterocycles. The molecule has 6 aromatic rings. The van der Waals surface area contributed by atoms with E-state index in [2.05, 4.69) is 170 Å². The first kappa shape index (κ1) is 24.8. The molecule has 6 rings (SSSR count). The summed E-state index contributed by atoms with van der Waals surface area (Å²) in [6, 6.07) is 58.6. The monoisotopic (exact) mass is 516 g/mol. The van der Waals surface area contributed by atoms with Crippen LogP contribution >= 0.6 is 7.92 Å². The molecule has 0 N–H and O–H groups in total. The molecule has 0 aromatic heterocycles. The van der Waals surface area contributed by atoms with E-state index < -0.39 is 7.92 Å². The third-order valence-electron chi connectivity index (χ3n) is 7.06. The summed E-state index contributed by atoms with van der Waals surface area (Å²) in [6.45, 7) is 4.58. The van der Waals surface area contributed by atoms with E-state index >= 15 is 0 Å². The molecule has 6 aromatic carbocycles. The molecule has 0 spiro atoms. The molecule has 0 nitrogen and oxygen atoms in total. The Hall–Kier alpha value is -4.51. The highest BCUT2D eigenvalue weighted by Gasteiger charge is 2.21. The third kappa shape index (κ3) is 5.26. The minimum atomic E-state index is -0.736. The van der Waals surface area contributed by atoms with E-state index in [0.717, 1.165) is 16.7 Å². The lowest BCUT2D eigenvalue weighted by Gasteiger charge is -2.23. The second-order valence-electron chi connectivity index (χ2n) is 9.49. The fraction of sp³-hybridized carbons (Fsp3) is 0. The van der Waals surface area contributed by atoms with Crippen molar-refractivity contribution in [2.75, 3.05) is 0 Å². The highest BCUT2D eigenvalue weighted by Crippen LogP contribution is 2.39. The van der Waals surface area contributed by atoms with Crippen molar-refractivity contribution in [1.82, 2.24) is 0 Å². The van der Waals surface area contributed by atoms with Gasteiger partial charge in [-0.3, -0.25) is 0 Å². The second kappa shape index (κ2) is 11.5. The molecule has 186 valence electrons. The second-order valence-corrected chi connectivity index (χ2v) is 11.7. The molecule has 0 saturated carbocycles. The molecule has 0 unspecified atom stereocenters. The maximum absolute atomic E-state index is 4.58. The summed E-state index contributed by atoms with van der Waals surface area (Å²) < 4.78 is 0. The van der Waals surface area contributed by atoms with Crippen molar-refractivity contribution in [2.45, 2.75) is 0 Å². The fourth-order valence-corrected chi connectivity index (χ4v) is 7.57. The lowest BCUT2D eigenvalue weighted by Crippen LogP contribution is -2.22. The summed E-state index contributed by atoms with van der Waals surface area (Å²) in [5.41, 5.74) is 8.23. The van der Waals surface area contributed by atoms with E-state index in [0.29, 0.717) is 0 Å². The molecule has 0 heterocycles. The Bertz CT molecular complexity index is 1650. The summed E-state index contributed by atoms with van der Waals surface area (Å²) in [5, 5.41) is 4.04. The third-order valence-corrected chi connectivity index (χ3v) is 9.56. The Labute approximate surface area is 232 Å². The Balaban J connectivity index is 1.44. The number of benzene rings is 6. The highest BCUT2D eigenvalue weighted by molar-refractivity contribution is 7.80. The topological polar surface area (TPSA) is 0 Å². The van der Waals surface area contributed by atoms with Crippen molar-refractivity contribution in [2.24, 2.45) is 0 Å². The van der Waals surface area contributed by atoms with Gasteiger partial charge in [-0.25, -0.2) is 0 Å². The minimum absolute atomic E-state index is 0.736. The predicted molar refractivity (Wildman–Crippen MR) is 171 cm³/mol. The lowest BCUT2D eigenvalue weighted by atomic mass is 9.91. The Morgan fingerprint density at radius 2 is 0.872 bits per heavy atom. The summed E-state index contributed by atoms with van der Waals surface area (Å²) in [4.78, 5) is 0. The number of hydrogen-bond acceptors (Lipinski definition) is 0. The zero-order valence-corrected chi connectivity index (χ0v) is 22.6. The van der Waals surface area contributed by atoms with Gasteiger partial charge in [0, 0.05) is 0 Å². The first-order valence-corrected chi connectivity index (χ1v) is 14.6. The van der Waals surface area contributed by atoms with Gasteiger partial charge < -0.3 is 0 Å². The normalized spacial score (nSPS) is 10.9. The first-order chi connectivity index (χ1) is 19.3. The van der Waals surface area contributed by atoms with Crippen LogP contribution in [0.3, 0.4) is 0 Å². The zero-order chi connectivity index (χ0) is 26.4. The van der Waals surface area contributed by atoms with E-state index in [-0.39, 0.29) is 0 Å². The van der Waals surface area contributed by atoms with Gasteiger partial charge in [-0.15, -0.1) is 0 Å². The van der Waals surface area contributed by atoms with E-state index in [1.54, 1.807) is 0 Å². The maximum atomic E-state index is 4.58. The van der Waals surface area contributed by atoms with Crippen LogP contribution in [0.5, 0.6) is 0 Å². The molecule has 0 radical (unpaired) electrons. The van der Waals surface area contributed by atoms with E-state index in [1.807, 2.05) is 0 Å². The molecule has 39 heavy (non-hydrogen) atoms. The summed E-state index contributed by atoms with van der Waals surface area (Å²) >= 11 is 0. The fourth-order valence-electron chi connectivity index (χ4n) is 5.11. The van der Waals surface area contributed by atoms with Gasteiger partial charge in [-0.1, -0.05) is 170 Å². The average molecular weight is 517 g/mol. The van der Waals surface area contributed by atoms with Gasteiger partial charge in [0.1, 0.15) is 0 Å². The summed E-state index contributed by atoms with van der Waals surface area (Å²) in [5.74, 6) is 0. The van der Waals surface area contributed by atoms with Crippen molar-refractivity contribution in [3.63, 3.8) is 0 Å². The molecule has 0 aliphatic carbocycles. The van der Waals surface area contributed by atoms with Crippen molar-refractivity contribution in [1.29, 1.82) is 0 Å². The van der Waals surface area contributed by atoms with E-state index in [9.17, 15) is 0 Å². The van der Waals surface area contributed by atoms with Crippen LogP contribution in [0.25, 0.3) is 27.8 Å². The summed E-state index contributed by atoms with van der Waals surface area (Å²) in [7, 11) is -0.736. The molecular formula is C38H29P. The van der Waals surface area contributed by atoms with Gasteiger partial charge in [0.05, 0.1) is 0 Å². The standard InChI is InChI=1S/C38H29P/c1-29(30-25-27-32(28-26-30)31-15-5-2-6-16-31)35-21-11-12-22-36(35)37-23-13-14-24-38(37)39(33-17-7-3-8-18-33)34-19-9-4-10-20-34/h2-28H,1H2. The molecule has 0 amide bonds. The lowest BCUT2D eigenvalue weighted by molar-refractivity contribution is 1.53. The van der Waals surface area contributed by atoms with Crippen LogP contribution in [-0.4, -0.2) is 0 Å². The van der Waals surface area contributed by atoms with Crippen molar-refractivity contribution >= 4 is 29.4 Å². The predicted octanol–water partition coefficient (Wildman–Crippen LogP) is 8.84. The van der Waals surface area contributed by atoms with Crippen LogP contribution in [0.4, 0.5) is 0 Å². The van der Waals surface area contributed by atoms with Gasteiger partial charge in [0.15, 0.2) is 0 Å². The van der Waals surface area contributed by atoms with Gasteiger partial charge >= 0.3 is 0 Å². The SMILES string of the molecule is C=C(c1ccc(-c2ccccc2)cc1)c1ccccc1-c1ccccc1P(c1ccccc1)c1ccccc1. The molecule has 0 fully saturated rings. The molecular weight excluding hydrogens is 487 g/mol. The van der Waals surface area contributed by atoms with Gasteiger partial charge in [0.25, 0.3) is 0 Å². The quantitative estimate of drug-likeness (QED) is 0.186. The molecule has 1 heteroatoms. The van der Waals surface area contributed by atoms with Gasteiger partial charge in [-0.05, 0) is 62.8 Å². The average Bonchev–Trinajstić information content (AvgIpc) is 3.03. The van der Waals surface area contributed by atoms with Gasteiger partial charge in [-0.2, -0.15) is 0 Å². The van der Waals surface area contributed by atoms with Crippen LogP contribution in [0, 0.1) is 0 Å². The zero-order valence-electron chi connectivity index (χ0n) is 21.7. The molecule has 0 aliphatic rings. The van der Waals surface area contributed by atoms with Crippen molar-refractivity contribution in [3.05, 3.63) is 181 Å². The van der Waals surface area contributed by atoms with E-state index in [4.69, 9.17) is 0 Å². The number of hydrogen-bond donors (Lipinski definition) is 0. The maximum Gasteiger partial charge on any atom is -0.00724 e. The van der Waals surface area contributed by atoms with Crippen LogP contribution in [-0.2, 0) is 0 Å². The molecule has 0 bridgehead atoms. The van der Waals surface area contributed by atoms with Crippen molar-refractivity contribution in [3.8, 4) is 22.3 Å². The smallest absolute Gasteiger partial charge is 0.00724 e. The Kier molecular flexibility index (Phi) is 7.30. The van der Waals surface area contributed by atoms with Crippen LogP contribution in [0.1, 0.15) is 11.1 Å². The minimum Gasteiger partial charge on any atom is -0.0905 e. The Morgan fingerprint density at radius 1 is 0.410 bits per heavy atom. The van der Waals surface area contributed by atoms with Crippen LogP contribution < -0.4 is 15.9 Å². The largest absolute Gasteiger partial charge is 0.0905 e. The molecule has 0 atom stereocenters. The Morgan fingerprint density at radius 3 is 1.49 bits per heavy atom. The first-order valence-electron chi connectivity index (χ1n) is 13.2. The van der Waals surface area contributed by atoms with Crippen LogP contribution in [0.2, 0.25) is 0 Å². The number of rotatable bonds is 7. The van der Waals surface area contributed by atoms with Gasteiger partial charge in [0.2, 0.25) is 0 Å². The molecule has 0 aliphatic heterocycles.